The van der Waals surface area contributed by atoms with Crippen LogP contribution in [0.25, 0.3) is 0 Å². The molecule has 0 radical (unpaired) electrons. The summed E-state index contributed by atoms with van der Waals surface area (Å²) in [6.45, 7) is 1.23. The highest BCUT2D eigenvalue weighted by molar-refractivity contribution is 6.04. The molecular weight excluding hydrogens is 266 g/mol. The Morgan fingerprint density at radius 2 is 1.95 bits per heavy atom. The quantitative estimate of drug-likeness (QED) is 0.587. The van der Waals surface area contributed by atoms with Crippen molar-refractivity contribution in [2.75, 3.05) is 6.54 Å². The second-order valence-electron chi connectivity index (χ2n) is 5.24. The second kappa shape index (κ2) is 5.10. The van der Waals surface area contributed by atoms with Gasteiger partial charge in [0.25, 0.3) is 0 Å². The predicted octanol–water partition coefficient (Wildman–Crippen LogP) is -0.560. The second-order valence-corrected chi connectivity index (χ2v) is 5.24. The summed E-state index contributed by atoms with van der Waals surface area (Å²) in [5, 5.41) is 13.9. The number of amides is 4. The summed E-state index contributed by atoms with van der Waals surface area (Å²) in [6, 6.07) is -1.50. The number of hydrogen-bond acceptors (Lipinski definition) is 4. The lowest BCUT2D eigenvalue weighted by atomic mass is 9.98. The summed E-state index contributed by atoms with van der Waals surface area (Å²) in [4.78, 5) is 47.4. The minimum atomic E-state index is -1.28. The molecule has 8 nitrogen and oxygen atoms in total. The number of carboxylic acid groups (broad SMARTS) is 1. The molecule has 0 aromatic rings. The zero-order valence-corrected chi connectivity index (χ0v) is 11.1. The molecule has 2 fully saturated rings. The van der Waals surface area contributed by atoms with Gasteiger partial charge >= 0.3 is 12.0 Å². The maximum Gasteiger partial charge on any atom is 0.329 e. The van der Waals surface area contributed by atoms with Gasteiger partial charge < -0.3 is 15.3 Å². The molecule has 1 unspecified atom stereocenters. The number of carboxylic acids is 1. The van der Waals surface area contributed by atoms with E-state index in [2.05, 4.69) is 10.6 Å². The average molecular weight is 283 g/mol. The van der Waals surface area contributed by atoms with Crippen LogP contribution in [-0.2, 0) is 14.4 Å². The highest BCUT2D eigenvalue weighted by Gasteiger charge is 2.45. The van der Waals surface area contributed by atoms with Gasteiger partial charge in [0.05, 0.1) is 0 Å². The maximum atomic E-state index is 12.2. The monoisotopic (exact) mass is 283 g/mol. The molecule has 3 N–H and O–H groups in total. The molecule has 0 aromatic heterocycles. The van der Waals surface area contributed by atoms with Gasteiger partial charge in [0.1, 0.15) is 18.1 Å². The van der Waals surface area contributed by atoms with Gasteiger partial charge in [-0.05, 0) is 19.8 Å². The van der Waals surface area contributed by atoms with Crippen LogP contribution in [0, 0.1) is 0 Å². The molecule has 2 rings (SSSR count). The summed E-state index contributed by atoms with van der Waals surface area (Å²) in [5.74, 6) is -2.21. The summed E-state index contributed by atoms with van der Waals surface area (Å²) >= 11 is 0. The van der Waals surface area contributed by atoms with Crippen LogP contribution in [0.2, 0.25) is 0 Å². The van der Waals surface area contributed by atoms with E-state index in [1.165, 1.54) is 6.92 Å². The van der Waals surface area contributed by atoms with E-state index in [1.807, 2.05) is 0 Å². The minimum absolute atomic E-state index is 0.256. The predicted molar refractivity (Wildman–Crippen MR) is 66.7 cm³/mol. The number of imide groups is 1. The molecule has 1 heterocycles. The standard InChI is InChI=1S/C12H17N3O5/c1-7-9(17)13-8(16)6-15(7)11(20)14-12(10(18)19)4-2-3-5-12/h7H,2-6H2,1H3,(H,14,20)(H,18,19)(H,13,16,17). The summed E-state index contributed by atoms with van der Waals surface area (Å²) in [5.41, 5.74) is -1.28. The molecule has 110 valence electrons. The summed E-state index contributed by atoms with van der Waals surface area (Å²) < 4.78 is 0. The minimum Gasteiger partial charge on any atom is -0.480 e. The Labute approximate surface area is 115 Å². The van der Waals surface area contributed by atoms with Crippen LogP contribution in [0.15, 0.2) is 0 Å². The molecule has 1 saturated heterocycles. The van der Waals surface area contributed by atoms with Crippen LogP contribution in [0.5, 0.6) is 0 Å². The Bertz CT molecular complexity index is 470. The fraction of sp³-hybridized carbons (Fsp3) is 0.667. The molecule has 1 saturated carbocycles. The van der Waals surface area contributed by atoms with E-state index < -0.39 is 35.4 Å². The van der Waals surface area contributed by atoms with E-state index in [-0.39, 0.29) is 6.54 Å². The lowest BCUT2D eigenvalue weighted by molar-refractivity contribution is -0.144. The number of carbonyl (C=O) groups is 4. The summed E-state index contributed by atoms with van der Waals surface area (Å²) in [6.07, 6.45) is 2.16. The normalized spacial score (nSPS) is 25.2. The zero-order chi connectivity index (χ0) is 14.9. The number of nitrogens with zero attached hydrogens (tertiary/aromatic N) is 1. The molecule has 8 heteroatoms. The van der Waals surface area contributed by atoms with Gasteiger partial charge in [0, 0.05) is 0 Å². The number of nitrogens with one attached hydrogen (secondary N) is 2. The number of urea groups is 1. The highest BCUT2D eigenvalue weighted by atomic mass is 16.4. The van der Waals surface area contributed by atoms with Crippen molar-refractivity contribution in [1.29, 1.82) is 0 Å². The van der Waals surface area contributed by atoms with E-state index in [0.717, 1.165) is 17.7 Å². The van der Waals surface area contributed by atoms with Crippen LogP contribution in [0.3, 0.4) is 0 Å². The number of hydrogen-bond donors (Lipinski definition) is 3. The van der Waals surface area contributed by atoms with E-state index in [1.54, 1.807) is 0 Å². The average Bonchev–Trinajstić information content (AvgIpc) is 2.83. The first-order chi connectivity index (χ1) is 9.35. The lowest BCUT2D eigenvalue weighted by Crippen LogP contribution is -2.64. The van der Waals surface area contributed by atoms with Crippen molar-refractivity contribution < 1.29 is 24.3 Å². The Hall–Kier alpha value is -2.12. The van der Waals surface area contributed by atoms with Crippen LogP contribution in [-0.4, -0.2) is 51.9 Å². The van der Waals surface area contributed by atoms with Crippen LogP contribution in [0.1, 0.15) is 32.6 Å². The first-order valence-electron chi connectivity index (χ1n) is 6.51. The highest BCUT2D eigenvalue weighted by Crippen LogP contribution is 2.30. The fourth-order valence-corrected chi connectivity index (χ4v) is 2.61. The number of piperazine rings is 1. The Morgan fingerprint density at radius 3 is 2.50 bits per heavy atom. The lowest BCUT2D eigenvalue weighted by Gasteiger charge is -2.35. The van der Waals surface area contributed by atoms with Crippen molar-refractivity contribution in [3.63, 3.8) is 0 Å². The van der Waals surface area contributed by atoms with Crippen molar-refractivity contribution in [3.8, 4) is 0 Å². The fourth-order valence-electron chi connectivity index (χ4n) is 2.61. The van der Waals surface area contributed by atoms with Gasteiger partial charge in [-0.15, -0.1) is 0 Å². The Balaban J connectivity index is 2.12. The molecule has 0 bridgehead atoms. The Morgan fingerprint density at radius 1 is 1.35 bits per heavy atom. The van der Waals surface area contributed by atoms with Crippen LogP contribution in [0.4, 0.5) is 4.79 Å². The molecule has 1 atom stereocenters. The first-order valence-corrected chi connectivity index (χ1v) is 6.51. The first kappa shape index (κ1) is 14.3. The smallest absolute Gasteiger partial charge is 0.329 e. The van der Waals surface area contributed by atoms with Gasteiger partial charge in [-0.2, -0.15) is 0 Å². The number of aliphatic carboxylic acids is 1. The van der Waals surface area contributed by atoms with Gasteiger partial charge in [-0.25, -0.2) is 9.59 Å². The molecular formula is C12H17N3O5. The topological polar surface area (TPSA) is 116 Å². The van der Waals surface area contributed by atoms with Gasteiger partial charge in [0.15, 0.2) is 0 Å². The van der Waals surface area contributed by atoms with Gasteiger partial charge in [-0.1, -0.05) is 12.8 Å². The molecule has 1 aliphatic carbocycles. The van der Waals surface area contributed by atoms with E-state index in [9.17, 15) is 24.3 Å². The van der Waals surface area contributed by atoms with E-state index >= 15 is 0 Å². The zero-order valence-electron chi connectivity index (χ0n) is 11.1. The SMILES string of the molecule is CC1C(=O)NC(=O)CN1C(=O)NC1(C(=O)O)CCCC1. The third-order valence-electron chi connectivity index (χ3n) is 3.90. The van der Waals surface area contributed by atoms with Crippen molar-refractivity contribution in [2.45, 2.75) is 44.2 Å². The van der Waals surface area contributed by atoms with Crippen LogP contribution < -0.4 is 10.6 Å². The number of rotatable bonds is 2. The Kier molecular flexibility index (Phi) is 3.65. The number of carbonyl (C=O) groups excluding carboxylic acids is 3. The van der Waals surface area contributed by atoms with Gasteiger partial charge in [-0.3, -0.25) is 14.9 Å². The maximum absolute atomic E-state index is 12.2. The molecule has 0 aromatic carbocycles. The van der Waals surface area contributed by atoms with Crippen molar-refractivity contribution in [2.24, 2.45) is 0 Å². The third-order valence-corrected chi connectivity index (χ3v) is 3.90. The molecule has 1 aliphatic heterocycles. The third kappa shape index (κ3) is 2.45. The molecule has 20 heavy (non-hydrogen) atoms. The van der Waals surface area contributed by atoms with Crippen molar-refractivity contribution in [1.82, 2.24) is 15.5 Å². The largest absolute Gasteiger partial charge is 0.480 e. The summed E-state index contributed by atoms with van der Waals surface area (Å²) in [7, 11) is 0. The van der Waals surface area contributed by atoms with Crippen molar-refractivity contribution >= 4 is 23.8 Å². The molecule has 2 aliphatic rings. The van der Waals surface area contributed by atoms with Gasteiger partial charge in [0.2, 0.25) is 11.8 Å². The molecule has 4 amide bonds. The van der Waals surface area contributed by atoms with E-state index in [0.29, 0.717) is 12.8 Å². The van der Waals surface area contributed by atoms with Crippen molar-refractivity contribution in [3.05, 3.63) is 0 Å². The van der Waals surface area contributed by atoms with Crippen LogP contribution >= 0.6 is 0 Å². The molecule has 0 spiro atoms. The van der Waals surface area contributed by atoms with E-state index in [4.69, 9.17) is 0 Å².